The third kappa shape index (κ3) is 5.02. The standard InChI is InChI=1S/C24H26N4O4S2/c1-14(2)9-11-28-23(30)21-20(16-6-5-10-25-22(16)34-21)27-24(28)33-13-19(29)26-17-8-7-15(31-3)12-18(17)32-4/h5-8,10,12,14H,9,11,13H2,1-4H3,(H,26,29). The Balaban J connectivity index is 1.62. The number of nitrogens with zero attached hydrogens (tertiary/aromatic N) is 3. The summed E-state index contributed by atoms with van der Waals surface area (Å²) in [5.74, 6) is 1.43. The van der Waals surface area contributed by atoms with E-state index in [4.69, 9.17) is 14.5 Å². The van der Waals surface area contributed by atoms with Crippen molar-refractivity contribution in [3.8, 4) is 11.5 Å². The van der Waals surface area contributed by atoms with E-state index in [2.05, 4.69) is 24.1 Å². The first kappa shape index (κ1) is 24.0. The van der Waals surface area contributed by atoms with Gasteiger partial charge in [0.05, 0.1) is 31.2 Å². The van der Waals surface area contributed by atoms with Gasteiger partial charge in [0, 0.05) is 24.2 Å². The number of pyridine rings is 1. The number of amides is 1. The summed E-state index contributed by atoms with van der Waals surface area (Å²) in [4.78, 5) is 36.1. The molecule has 0 fully saturated rings. The molecule has 4 rings (SSSR count). The lowest BCUT2D eigenvalue weighted by atomic mass is 10.1. The molecule has 0 saturated heterocycles. The molecule has 0 spiro atoms. The second-order valence-electron chi connectivity index (χ2n) is 8.07. The molecule has 0 aliphatic carbocycles. The van der Waals surface area contributed by atoms with Gasteiger partial charge in [-0.2, -0.15) is 0 Å². The molecule has 0 aliphatic heterocycles. The van der Waals surface area contributed by atoms with Crippen molar-refractivity contribution in [3.63, 3.8) is 0 Å². The minimum absolute atomic E-state index is 0.0895. The minimum Gasteiger partial charge on any atom is -0.497 e. The Hall–Kier alpha value is -3.11. The number of thioether (sulfide) groups is 1. The number of benzene rings is 1. The highest BCUT2D eigenvalue weighted by Crippen LogP contribution is 2.31. The molecule has 0 bridgehead atoms. The predicted molar refractivity (Wildman–Crippen MR) is 138 cm³/mol. The minimum atomic E-state index is -0.227. The maximum atomic E-state index is 13.4. The number of thiophene rings is 1. The van der Waals surface area contributed by atoms with Gasteiger partial charge in [0.25, 0.3) is 5.56 Å². The summed E-state index contributed by atoms with van der Waals surface area (Å²) in [5, 5.41) is 4.24. The normalized spacial score (nSPS) is 11.3. The van der Waals surface area contributed by atoms with Crippen molar-refractivity contribution in [2.75, 3.05) is 25.3 Å². The first-order valence-corrected chi connectivity index (χ1v) is 12.6. The zero-order valence-corrected chi connectivity index (χ0v) is 21.1. The Labute approximate surface area is 205 Å². The van der Waals surface area contributed by atoms with Crippen molar-refractivity contribution < 1.29 is 14.3 Å². The summed E-state index contributed by atoms with van der Waals surface area (Å²) in [6.07, 6.45) is 2.54. The van der Waals surface area contributed by atoms with Crippen LogP contribution in [0.25, 0.3) is 20.4 Å². The van der Waals surface area contributed by atoms with Gasteiger partial charge in [-0.15, -0.1) is 11.3 Å². The molecule has 1 aromatic carbocycles. The predicted octanol–water partition coefficient (Wildman–Crippen LogP) is 4.80. The number of rotatable bonds is 9. The van der Waals surface area contributed by atoms with Gasteiger partial charge in [-0.1, -0.05) is 25.6 Å². The first-order chi connectivity index (χ1) is 16.4. The van der Waals surface area contributed by atoms with Crippen molar-refractivity contribution in [3.05, 3.63) is 46.9 Å². The second-order valence-corrected chi connectivity index (χ2v) is 10.0. The van der Waals surface area contributed by atoms with Crippen LogP contribution in [0.15, 0.2) is 46.5 Å². The van der Waals surface area contributed by atoms with E-state index in [1.807, 2.05) is 12.1 Å². The Morgan fingerprint density at radius 3 is 2.79 bits per heavy atom. The van der Waals surface area contributed by atoms with Crippen molar-refractivity contribution in [1.82, 2.24) is 14.5 Å². The molecule has 0 aliphatic rings. The van der Waals surface area contributed by atoms with Crippen molar-refractivity contribution in [1.29, 1.82) is 0 Å². The van der Waals surface area contributed by atoms with Crippen LogP contribution in [0.2, 0.25) is 0 Å². The number of hydrogen-bond acceptors (Lipinski definition) is 8. The van der Waals surface area contributed by atoms with Crippen LogP contribution in [0.4, 0.5) is 5.69 Å². The molecular formula is C24H26N4O4S2. The number of fused-ring (bicyclic) bond motifs is 3. The van der Waals surface area contributed by atoms with E-state index in [-0.39, 0.29) is 17.2 Å². The van der Waals surface area contributed by atoms with E-state index in [0.717, 1.165) is 16.6 Å². The number of carbonyl (C=O) groups is 1. The molecule has 0 saturated carbocycles. The van der Waals surface area contributed by atoms with Crippen LogP contribution < -0.4 is 20.3 Å². The average Bonchev–Trinajstić information content (AvgIpc) is 3.21. The summed E-state index contributed by atoms with van der Waals surface area (Å²) in [5.41, 5.74) is 1.09. The van der Waals surface area contributed by atoms with E-state index in [1.54, 1.807) is 36.1 Å². The highest BCUT2D eigenvalue weighted by Gasteiger charge is 2.18. The van der Waals surface area contributed by atoms with E-state index >= 15 is 0 Å². The van der Waals surface area contributed by atoms with Crippen LogP contribution in [0.3, 0.4) is 0 Å². The van der Waals surface area contributed by atoms with Gasteiger partial charge in [-0.05, 0) is 36.6 Å². The summed E-state index contributed by atoms with van der Waals surface area (Å²) >= 11 is 2.61. The quantitative estimate of drug-likeness (QED) is 0.262. The van der Waals surface area contributed by atoms with Crippen LogP contribution in [0.1, 0.15) is 20.3 Å². The molecule has 0 radical (unpaired) electrons. The number of aromatic nitrogens is 3. The molecule has 4 aromatic rings. The average molecular weight is 499 g/mol. The fourth-order valence-electron chi connectivity index (χ4n) is 3.45. The van der Waals surface area contributed by atoms with Gasteiger partial charge < -0.3 is 14.8 Å². The summed E-state index contributed by atoms with van der Waals surface area (Å²) in [7, 11) is 3.10. The number of ether oxygens (including phenoxy) is 2. The molecule has 1 amide bonds. The second kappa shape index (κ2) is 10.4. The molecule has 34 heavy (non-hydrogen) atoms. The van der Waals surface area contributed by atoms with Gasteiger partial charge >= 0.3 is 0 Å². The van der Waals surface area contributed by atoms with Gasteiger partial charge in [0.2, 0.25) is 5.91 Å². The zero-order chi connectivity index (χ0) is 24.2. The van der Waals surface area contributed by atoms with Crippen molar-refractivity contribution in [2.24, 2.45) is 5.92 Å². The molecule has 3 heterocycles. The molecule has 0 unspecified atom stereocenters. The lowest BCUT2D eigenvalue weighted by Crippen LogP contribution is -2.24. The third-order valence-corrected chi connectivity index (χ3v) is 7.33. The number of nitrogens with one attached hydrogen (secondary N) is 1. The van der Waals surface area contributed by atoms with Gasteiger partial charge in [-0.3, -0.25) is 14.2 Å². The Kier molecular flexibility index (Phi) is 7.38. The molecule has 8 nitrogen and oxygen atoms in total. The smallest absolute Gasteiger partial charge is 0.272 e. The maximum absolute atomic E-state index is 13.4. The summed E-state index contributed by atoms with van der Waals surface area (Å²) in [6, 6.07) is 8.94. The topological polar surface area (TPSA) is 95.3 Å². The van der Waals surface area contributed by atoms with E-state index in [9.17, 15) is 9.59 Å². The van der Waals surface area contributed by atoms with Crippen LogP contribution in [-0.4, -0.2) is 40.4 Å². The molecule has 1 N–H and O–H groups in total. The lowest BCUT2D eigenvalue weighted by molar-refractivity contribution is -0.113. The number of hydrogen-bond donors (Lipinski definition) is 1. The fraction of sp³-hybridized carbons (Fsp3) is 0.333. The SMILES string of the molecule is COc1ccc(NC(=O)CSc2nc3c(sc4ncccc43)c(=O)n2CCC(C)C)c(OC)c1. The molecule has 0 atom stereocenters. The largest absolute Gasteiger partial charge is 0.497 e. The lowest BCUT2D eigenvalue weighted by Gasteiger charge is -2.14. The summed E-state index contributed by atoms with van der Waals surface area (Å²) < 4.78 is 12.8. The first-order valence-electron chi connectivity index (χ1n) is 10.8. The van der Waals surface area contributed by atoms with E-state index < -0.39 is 0 Å². The van der Waals surface area contributed by atoms with Gasteiger partial charge in [0.1, 0.15) is 21.0 Å². The molecule has 178 valence electrons. The Bertz CT molecular complexity index is 1400. The Morgan fingerprint density at radius 1 is 1.24 bits per heavy atom. The monoisotopic (exact) mass is 498 g/mol. The molecule has 3 aromatic heterocycles. The highest BCUT2D eigenvalue weighted by molar-refractivity contribution is 7.99. The molecule has 10 heteroatoms. The van der Waals surface area contributed by atoms with E-state index in [1.165, 1.54) is 30.2 Å². The van der Waals surface area contributed by atoms with E-state index in [0.29, 0.717) is 45.0 Å². The number of carbonyl (C=O) groups excluding carboxylic acids is 1. The third-order valence-electron chi connectivity index (χ3n) is 5.26. The Morgan fingerprint density at radius 2 is 2.06 bits per heavy atom. The van der Waals surface area contributed by atoms with Crippen LogP contribution in [0.5, 0.6) is 11.5 Å². The number of methoxy groups -OCH3 is 2. The van der Waals surface area contributed by atoms with Crippen LogP contribution >= 0.6 is 23.1 Å². The van der Waals surface area contributed by atoms with Crippen LogP contribution in [-0.2, 0) is 11.3 Å². The zero-order valence-electron chi connectivity index (χ0n) is 19.5. The maximum Gasteiger partial charge on any atom is 0.272 e. The fourth-order valence-corrected chi connectivity index (χ4v) is 5.30. The van der Waals surface area contributed by atoms with Crippen molar-refractivity contribution in [2.45, 2.75) is 32.0 Å². The number of anilines is 1. The van der Waals surface area contributed by atoms with Crippen LogP contribution in [0, 0.1) is 5.92 Å². The highest BCUT2D eigenvalue weighted by atomic mass is 32.2. The van der Waals surface area contributed by atoms with Gasteiger partial charge in [-0.25, -0.2) is 9.97 Å². The van der Waals surface area contributed by atoms with Gasteiger partial charge in [0.15, 0.2) is 5.16 Å². The van der Waals surface area contributed by atoms with Crippen molar-refractivity contribution >= 4 is 55.1 Å². The molecular weight excluding hydrogens is 472 g/mol. The summed E-state index contributed by atoms with van der Waals surface area (Å²) in [6.45, 7) is 4.77.